The van der Waals surface area contributed by atoms with E-state index >= 15 is 0 Å². The second-order valence-corrected chi connectivity index (χ2v) is 5.36. The maximum Gasteiger partial charge on any atom is 0.118 e. The minimum Gasteiger partial charge on any atom is -0.497 e. The molecule has 1 unspecified atom stereocenters. The van der Waals surface area contributed by atoms with Gasteiger partial charge in [0.15, 0.2) is 0 Å². The summed E-state index contributed by atoms with van der Waals surface area (Å²) in [4.78, 5) is 0. The zero-order valence-corrected chi connectivity index (χ0v) is 11.9. The van der Waals surface area contributed by atoms with Gasteiger partial charge >= 0.3 is 0 Å². The second-order valence-electron chi connectivity index (χ2n) is 5.36. The minimum absolute atomic E-state index is 0.139. The van der Waals surface area contributed by atoms with Crippen molar-refractivity contribution < 1.29 is 9.84 Å². The first-order chi connectivity index (χ1) is 8.41. The highest BCUT2D eigenvalue weighted by molar-refractivity contribution is 5.35. The third kappa shape index (κ3) is 2.68. The molecule has 18 heavy (non-hydrogen) atoms. The van der Waals surface area contributed by atoms with Crippen LogP contribution in [0, 0.1) is 0 Å². The van der Waals surface area contributed by atoms with Gasteiger partial charge in [0.05, 0.1) is 7.11 Å². The summed E-state index contributed by atoms with van der Waals surface area (Å²) in [7, 11) is 1.66. The van der Waals surface area contributed by atoms with E-state index in [-0.39, 0.29) is 17.6 Å². The van der Waals surface area contributed by atoms with Crippen LogP contribution in [0.1, 0.15) is 39.2 Å². The van der Waals surface area contributed by atoms with Crippen molar-refractivity contribution in [2.45, 2.75) is 44.6 Å². The van der Waals surface area contributed by atoms with Gasteiger partial charge in [-0.25, -0.2) is 0 Å². The van der Waals surface area contributed by atoms with E-state index in [0.29, 0.717) is 6.42 Å². The van der Waals surface area contributed by atoms with Gasteiger partial charge in [0.2, 0.25) is 0 Å². The molecule has 1 aromatic rings. The van der Waals surface area contributed by atoms with E-state index in [1.807, 2.05) is 38.1 Å². The third-order valence-corrected chi connectivity index (χ3v) is 4.02. The summed E-state index contributed by atoms with van der Waals surface area (Å²) >= 11 is 0. The maximum absolute atomic E-state index is 9.38. The van der Waals surface area contributed by atoms with Crippen LogP contribution in [-0.4, -0.2) is 24.4 Å². The predicted molar refractivity (Wildman–Crippen MR) is 74.9 cm³/mol. The molecule has 3 nitrogen and oxygen atoms in total. The fraction of sp³-hybridized carbons (Fsp3) is 0.600. The Morgan fingerprint density at radius 1 is 1.22 bits per heavy atom. The van der Waals surface area contributed by atoms with Crippen LogP contribution in [-0.2, 0) is 5.41 Å². The zero-order chi connectivity index (χ0) is 13.8. The predicted octanol–water partition coefficient (Wildman–Crippen LogP) is 2.46. The summed E-state index contributed by atoms with van der Waals surface area (Å²) in [5.74, 6) is 0.836. The molecule has 102 valence electrons. The van der Waals surface area contributed by atoms with Gasteiger partial charge in [-0.2, -0.15) is 0 Å². The summed E-state index contributed by atoms with van der Waals surface area (Å²) in [6.07, 6.45) is 1.56. The minimum atomic E-state index is -0.390. The van der Waals surface area contributed by atoms with Crippen LogP contribution in [0.15, 0.2) is 24.3 Å². The lowest BCUT2D eigenvalue weighted by Gasteiger charge is -2.44. The van der Waals surface area contributed by atoms with Crippen LogP contribution in [0.25, 0.3) is 0 Å². The lowest BCUT2D eigenvalue weighted by Crippen LogP contribution is -2.54. The van der Waals surface area contributed by atoms with Gasteiger partial charge in [-0.1, -0.05) is 19.1 Å². The van der Waals surface area contributed by atoms with E-state index in [0.717, 1.165) is 17.7 Å². The Morgan fingerprint density at radius 2 is 1.78 bits per heavy atom. The molecule has 0 heterocycles. The van der Waals surface area contributed by atoms with Crippen molar-refractivity contribution in [1.82, 2.24) is 0 Å². The standard InChI is InChI=1S/C15H25NO2/c1-5-15(10-11-17,14(2,3)16)12-6-8-13(18-4)9-7-12/h6-9,17H,5,10-11,16H2,1-4H3. The van der Waals surface area contributed by atoms with Gasteiger partial charge in [0, 0.05) is 17.6 Å². The first-order valence-corrected chi connectivity index (χ1v) is 6.45. The fourth-order valence-corrected chi connectivity index (χ4v) is 2.78. The number of methoxy groups -OCH3 is 1. The van der Waals surface area contributed by atoms with E-state index in [9.17, 15) is 5.11 Å². The van der Waals surface area contributed by atoms with Crippen molar-refractivity contribution in [3.05, 3.63) is 29.8 Å². The molecular weight excluding hydrogens is 226 g/mol. The van der Waals surface area contributed by atoms with Gasteiger partial charge in [0.1, 0.15) is 5.75 Å². The second kappa shape index (κ2) is 5.72. The molecule has 3 N–H and O–H groups in total. The van der Waals surface area contributed by atoms with Crippen molar-refractivity contribution in [3.63, 3.8) is 0 Å². The van der Waals surface area contributed by atoms with Crippen LogP contribution < -0.4 is 10.5 Å². The molecule has 1 rings (SSSR count). The van der Waals surface area contributed by atoms with E-state index in [2.05, 4.69) is 6.92 Å². The molecule has 0 saturated carbocycles. The summed E-state index contributed by atoms with van der Waals surface area (Å²) in [5, 5.41) is 9.38. The molecule has 0 bridgehead atoms. The number of hydrogen-bond donors (Lipinski definition) is 2. The van der Waals surface area contributed by atoms with Crippen LogP contribution in [0.2, 0.25) is 0 Å². The van der Waals surface area contributed by atoms with E-state index < -0.39 is 0 Å². The molecule has 3 heteroatoms. The molecular formula is C15H25NO2. The average Bonchev–Trinajstić information content (AvgIpc) is 2.34. The van der Waals surface area contributed by atoms with Crippen molar-refractivity contribution in [3.8, 4) is 5.75 Å². The Bertz CT molecular complexity index is 367. The van der Waals surface area contributed by atoms with E-state index in [4.69, 9.17) is 10.5 Å². The molecule has 1 atom stereocenters. The number of nitrogens with two attached hydrogens (primary N) is 1. The lowest BCUT2D eigenvalue weighted by atomic mass is 9.63. The monoisotopic (exact) mass is 251 g/mol. The number of aliphatic hydroxyl groups excluding tert-OH is 1. The molecule has 0 aromatic heterocycles. The van der Waals surface area contributed by atoms with Crippen LogP contribution >= 0.6 is 0 Å². The number of aliphatic hydroxyl groups is 1. The van der Waals surface area contributed by atoms with E-state index in [1.165, 1.54) is 0 Å². The molecule has 0 aliphatic rings. The maximum atomic E-state index is 9.38. The first kappa shape index (κ1) is 15.0. The van der Waals surface area contributed by atoms with Gasteiger partial charge in [-0.15, -0.1) is 0 Å². The lowest BCUT2D eigenvalue weighted by molar-refractivity contribution is 0.170. The molecule has 0 saturated heterocycles. The SMILES string of the molecule is CCC(CCO)(c1ccc(OC)cc1)C(C)(C)N. The molecule has 0 aliphatic heterocycles. The average molecular weight is 251 g/mol. The quantitative estimate of drug-likeness (QED) is 0.816. The van der Waals surface area contributed by atoms with Gasteiger partial charge < -0.3 is 15.6 Å². The number of rotatable bonds is 6. The fourth-order valence-electron chi connectivity index (χ4n) is 2.78. The Kier molecular flexibility index (Phi) is 4.77. The number of benzene rings is 1. The summed E-state index contributed by atoms with van der Waals surface area (Å²) in [5.41, 5.74) is 6.93. The largest absolute Gasteiger partial charge is 0.497 e. The number of hydrogen-bond acceptors (Lipinski definition) is 3. The van der Waals surface area contributed by atoms with Crippen LogP contribution in [0.4, 0.5) is 0 Å². The number of ether oxygens (including phenoxy) is 1. The highest BCUT2D eigenvalue weighted by Gasteiger charge is 2.41. The van der Waals surface area contributed by atoms with Crippen molar-refractivity contribution in [2.24, 2.45) is 5.73 Å². The van der Waals surface area contributed by atoms with Gasteiger partial charge in [-0.3, -0.25) is 0 Å². The van der Waals surface area contributed by atoms with Crippen LogP contribution in [0.3, 0.4) is 0 Å². The van der Waals surface area contributed by atoms with Crippen molar-refractivity contribution in [1.29, 1.82) is 0 Å². The molecule has 0 fully saturated rings. The highest BCUT2D eigenvalue weighted by Crippen LogP contribution is 2.40. The summed E-state index contributed by atoms with van der Waals surface area (Å²) in [6, 6.07) is 7.99. The molecule has 0 amide bonds. The van der Waals surface area contributed by atoms with Crippen LogP contribution in [0.5, 0.6) is 5.75 Å². The smallest absolute Gasteiger partial charge is 0.118 e. The van der Waals surface area contributed by atoms with Crippen molar-refractivity contribution >= 4 is 0 Å². The topological polar surface area (TPSA) is 55.5 Å². The molecule has 0 spiro atoms. The summed E-state index contributed by atoms with van der Waals surface area (Å²) < 4.78 is 5.18. The van der Waals surface area contributed by atoms with Crippen molar-refractivity contribution in [2.75, 3.05) is 13.7 Å². The Morgan fingerprint density at radius 3 is 2.11 bits per heavy atom. The molecule has 0 radical (unpaired) electrons. The van der Waals surface area contributed by atoms with Gasteiger partial charge in [0.25, 0.3) is 0 Å². The highest BCUT2D eigenvalue weighted by atomic mass is 16.5. The van der Waals surface area contributed by atoms with E-state index in [1.54, 1.807) is 7.11 Å². The zero-order valence-electron chi connectivity index (χ0n) is 11.9. The third-order valence-electron chi connectivity index (χ3n) is 4.02. The summed E-state index contributed by atoms with van der Waals surface area (Å²) in [6.45, 7) is 6.31. The molecule has 0 aliphatic carbocycles. The Balaban J connectivity index is 3.24. The Labute approximate surface area is 110 Å². The Hall–Kier alpha value is -1.06. The molecule has 1 aromatic carbocycles. The van der Waals surface area contributed by atoms with Gasteiger partial charge in [-0.05, 0) is 44.4 Å². The first-order valence-electron chi connectivity index (χ1n) is 6.45. The normalized spacial score (nSPS) is 15.2.